The number of anilines is 1. The molecule has 0 saturated carbocycles. The molecule has 30 heavy (non-hydrogen) atoms. The first-order valence-electron chi connectivity index (χ1n) is 9.99. The third-order valence-electron chi connectivity index (χ3n) is 6.29. The molecule has 1 aromatic heterocycles. The van der Waals surface area contributed by atoms with Crippen molar-refractivity contribution in [3.05, 3.63) is 53.6 Å². The van der Waals surface area contributed by atoms with Gasteiger partial charge < -0.3 is 14.5 Å². The SMILES string of the molecule is C#Cc1ncc(N2CCC3(CC2)O[C@@H]2CC[C@@H](c4cc(F)cc(F)c4)N2C3=O)cn1. The van der Waals surface area contributed by atoms with Crippen molar-refractivity contribution >= 4 is 11.6 Å². The third kappa shape index (κ3) is 3.01. The molecule has 6 nitrogen and oxygen atoms in total. The summed E-state index contributed by atoms with van der Waals surface area (Å²) in [4.78, 5) is 25.4. The number of rotatable bonds is 2. The van der Waals surface area contributed by atoms with Gasteiger partial charge in [0.15, 0.2) is 5.60 Å². The number of amides is 1. The van der Waals surface area contributed by atoms with Crippen molar-refractivity contribution in [2.24, 2.45) is 0 Å². The van der Waals surface area contributed by atoms with Crippen LogP contribution in [0.25, 0.3) is 0 Å². The van der Waals surface area contributed by atoms with Crippen molar-refractivity contribution in [3.8, 4) is 12.3 Å². The second-order valence-electron chi connectivity index (χ2n) is 7.97. The van der Waals surface area contributed by atoms with E-state index >= 15 is 0 Å². The fraction of sp³-hybridized carbons (Fsp3) is 0.409. The largest absolute Gasteiger partial charge is 0.369 e. The zero-order chi connectivity index (χ0) is 20.9. The molecule has 3 aliphatic rings. The van der Waals surface area contributed by atoms with Gasteiger partial charge in [-0.05, 0) is 36.5 Å². The molecule has 0 aliphatic carbocycles. The van der Waals surface area contributed by atoms with E-state index in [-0.39, 0.29) is 18.2 Å². The van der Waals surface area contributed by atoms with Crippen LogP contribution in [-0.2, 0) is 9.53 Å². The predicted octanol–water partition coefficient (Wildman–Crippen LogP) is 2.80. The molecule has 154 valence electrons. The average Bonchev–Trinajstić information content (AvgIpc) is 3.26. The molecule has 3 aliphatic heterocycles. The molecule has 4 heterocycles. The first-order valence-corrected chi connectivity index (χ1v) is 9.99. The molecule has 0 radical (unpaired) electrons. The number of nitrogens with zero attached hydrogens (tertiary/aromatic N) is 4. The van der Waals surface area contributed by atoms with Crippen LogP contribution < -0.4 is 4.90 Å². The molecule has 5 rings (SSSR count). The van der Waals surface area contributed by atoms with E-state index in [2.05, 4.69) is 20.8 Å². The molecule has 3 saturated heterocycles. The molecule has 8 heteroatoms. The zero-order valence-corrected chi connectivity index (χ0v) is 16.2. The third-order valence-corrected chi connectivity index (χ3v) is 6.29. The molecule has 0 N–H and O–H groups in total. The van der Waals surface area contributed by atoms with Crippen molar-refractivity contribution < 1.29 is 18.3 Å². The monoisotopic (exact) mass is 410 g/mol. The van der Waals surface area contributed by atoms with E-state index in [1.165, 1.54) is 12.1 Å². The van der Waals surface area contributed by atoms with Crippen LogP contribution in [0.15, 0.2) is 30.6 Å². The Labute approximate surface area is 172 Å². The van der Waals surface area contributed by atoms with Gasteiger partial charge in [-0.15, -0.1) is 6.42 Å². The van der Waals surface area contributed by atoms with Crippen molar-refractivity contribution in [2.45, 2.75) is 43.6 Å². The Morgan fingerprint density at radius 3 is 2.40 bits per heavy atom. The van der Waals surface area contributed by atoms with Gasteiger partial charge in [0.05, 0.1) is 24.1 Å². The normalized spacial score (nSPS) is 24.9. The molecular formula is C22H20F2N4O2. The summed E-state index contributed by atoms with van der Waals surface area (Å²) in [6.45, 7) is 1.23. The van der Waals surface area contributed by atoms with Gasteiger partial charge in [-0.1, -0.05) is 0 Å². The highest BCUT2D eigenvalue weighted by Gasteiger charge is 2.58. The summed E-state index contributed by atoms with van der Waals surface area (Å²) >= 11 is 0. The summed E-state index contributed by atoms with van der Waals surface area (Å²) in [6, 6.07) is 3.08. The zero-order valence-electron chi connectivity index (χ0n) is 16.2. The number of hydrogen-bond donors (Lipinski definition) is 0. The first kappa shape index (κ1) is 18.9. The van der Waals surface area contributed by atoms with Crippen molar-refractivity contribution in [2.75, 3.05) is 18.0 Å². The number of fused-ring (bicyclic) bond motifs is 1. The van der Waals surface area contributed by atoms with E-state index < -0.39 is 17.2 Å². The van der Waals surface area contributed by atoms with Gasteiger partial charge in [-0.3, -0.25) is 4.79 Å². The fourth-order valence-electron chi connectivity index (χ4n) is 4.83. The number of aromatic nitrogens is 2. The summed E-state index contributed by atoms with van der Waals surface area (Å²) in [5, 5.41) is 0. The lowest BCUT2D eigenvalue weighted by molar-refractivity contribution is -0.140. The minimum Gasteiger partial charge on any atom is -0.369 e. The van der Waals surface area contributed by atoms with Gasteiger partial charge in [0.2, 0.25) is 5.82 Å². The summed E-state index contributed by atoms with van der Waals surface area (Å²) in [6.07, 6.45) is 10.7. The number of piperidine rings is 1. The van der Waals surface area contributed by atoms with Crippen molar-refractivity contribution in [3.63, 3.8) is 0 Å². The van der Waals surface area contributed by atoms with Gasteiger partial charge in [0.1, 0.15) is 17.9 Å². The summed E-state index contributed by atoms with van der Waals surface area (Å²) < 4.78 is 33.7. The van der Waals surface area contributed by atoms with Crippen LogP contribution in [0, 0.1) is 24.0 Å². The molecule has 0 unspecified atom stereocenters. The van der Waals surface area contributed by atoms with Crippen LogP contribution in [0.2, 0.25) is 0 Å². The van der Waals surface area contributed by atoms with Gasteiger partial charge in [0.25, 0.3) is 5.91 Å². The average molecular weight is 410 g/mol. The number of carbonyl (C=O) groups is 1. The van der Waals surface area contributed by atoms with Crippen LogP contribution in [0.1, 0.15) is 43.1 Å². The lowest BCUT2D eigenvalue weighted by atomic mass is 9.89. The number of benzene rings is 1. The second-order valence-corrected chi connectivity index (χ2v) is 7.97. The van der Waals surface area contributed by atoms with Crippen LogP contribution in [0.3, 0.4) is 0 Å². The van der Waals surface area contributed by atoms with E-state index in [4.69, 9.17) is 11.2 Å². The Morgan fingerprint density at radius 1 is 1.10 bits per heavy atom. The van der Waals surface area contributed by atoms with Crippen LogP contribution in [0.5, 0.6) is 0 Å². The predicted molar refractivity (Wildman–Crippen MR) is 104 cm³/mol. The van der Waals surface area contributed by atoms with Crippen LogP contribution in [0.4, 0.5) is 14.5 Å². The van der Waals surface area contributed by atoms with E-state index in [1.54, 1.807) is 17.3 Å². The topological polar surface area (TPSA) is 58.6 Å². The van der Waals surface area contributed by atoms with E-state index in [1.807, 2.05) is 0 Å². The lowest BCUT2D eigenvalue weighted by Crippen LogP contribution is -2.50. The van der Waals surface area contributed by atoms with Gasteiger partial charge in [0, 0.05) is 32.0 Å². The minimum atomic E-state index is -0.884. The van der Waals surface area contributed by atoms with E-state index in [0.29, 0.717) is 50.2 Å². The number of hydrogen-bond acceptors (Lipinski definition) is 5. The quantitative estimate of drug-likeness (QED) is 0.713. The van der Waals surface area contributed by atoms with Gasteiger partial charge >= 0.3 is 0 Å². The Bertz CT molecular complexity index is 1010. The van der Waals surface area contributed by atoms with E-state index in [9.17, 15) is 13.6 Å². The molecule has 1 amide bonds. The highest BCUT2D eigenvalue weighted by molar-refractivity contribution is 5.88. The maximum absolute atomic E-state index is 13.7. The van der Waals surface area contributed by atoms with Crippen molar-refractivity contribution in [1.82, 2.24) is 14.9 Å². The Morgan fingerprint density at radius 2 is 1.77 bits per heavy atom. The Hall–Kier alpha value is -3.05. The number of carbonyl (C=O) groups excluding carboxylic acids is 1. The summed E-state index contributed by atoms with van der Waals surface area (Å²) in [5.41, 5.74) is 0.445. The van der Waals surface area contributed by atoms with Gasteiger partial charge in [-0.2, -0.15) is 0 Å². The highest BCUT2D eigenvalue weighted by atomic mass is 19.1. The highest BCUT2D eigenvalue weighted by Crippen LogP contribution is 2.48. The second kappa shape index (κ2) is 7.03. The lowest BCUT2D eigenvalue weighted by Gasteiger charge is -2.38. The summed E-state index contributed by atoms with van der Waals surface area (Å²) in [7, 11) is 0. The Balaban J connectivity index is 1.33. The molecule has 0 bridgehead atoms. The number of ether oxygens (including phenoxy) is 1. The maximum Gasteiger partial charge on any atom is 0.257 e. The molecule has 2 atom stereocenters. The fourth-order valence-corrected chi connectivity index (χ4v) is 4.83. The first-order chi connectivity index (χ1) is 14.5. The summed E-state index contributed by atoms with van der Waals surface area (Å²) in [5.74, 6) is 1.37. The van der Waals surface area contributed by atoms with E-state index in [0.717, 1.165) is 11.8 Å². The maximum atomic E-state index is 13.7. The van der Waals surface area contributed by atoms with Gasteiger partial charge in [-0.25, -0.2) is 18.7 Å². The Kier molecular flexibility index (Phi) is 4.44. The van der Waals surface area contributed by atoms with Crippen LogP contribution in [-0.4, -0.2) is 45.7 Å². The van der Waals surface area contributed by atoms with Crippen molar-refractivity contribution in [1.29, 1.82) is 0 Å². The molecule has 2 aromatic rings. The molecule has 3 fully saturated rings. The standard InChI is InChI=1S/C22H20F2N4O2/c1-2-19-25-12-17(13-26-19)27-7-5-22(6-8-27)21(29)28-18(3-4-20(28)30-22)14-9-15(23)11-16(24)10-14/h1,9-13,18,20H,3-8H2/t18-,20+/m0/s1. The number of terminal acetylenes is 1. The van der Waals surface area contributed by atoms with Crippen LogP contribution >= 0.6 is 0 Å². The molecular weight excluding hydrogens is 390 g/mol. The molecule has 1 aromatic carbocycles. The minimum absolute atomic E-state index is 0.0850. The number of halogens is 2. The molecule has 1 spiro atoms. The smallest absolute Gasteiger partial charge is 0.257 e.